The third-order valence-electron chi connectivity index (χ3n) is 2.93. The third kappa shape index (κ3) is 3.58. The molecule has 16 heavy (non-hydrogen) atoms. The summed E-state index contributed by atoms with van der Waals surface area (Å²) in [4.78, 5) is 0. The van der Waals surface area contributed by atoms with Gasteiger partial charge in [-0.1, -0.05) is 34.1 Å². The van der Waals surface area contributed by atoms with Gasteiger partial charge in [0, 0.05) is 11.0 Å². The minimum Gasteiger partial charge on any atom is -0.377 e. The van der Waals surface area contributed by atoms with E-state index in [0.717, 1.165) is 26.1 Å². The minimum absolute atomic E-state index is 0.413. The Morgan fingerprint density at radius 2 is 2.25 bits per heavy atom. The first-order chi connectivity index (χ1) is 7.86. The van der Waals surface area contributed by atoms with Crippen LogP contribution < -0.4 is 5.32 Å². The van der Waals surface area contributed by atoms with E-state index in [1.807, 2.05) is 6.07 Å². The second kappa shape index (κ2) is 6.38. The van der Waals surface area contributed by atoms with Gasteiger partial charge in [0.1, 0.15) is 0 Å². The number of hydrogen-bond acceptors (Lipinski definition) is 2. The molecule has 0 spiro atoms. The van der Waals surface area contributed by atoms with Gasteiger partial charge in [0.15, 0.2) is 0 Å². The molecule has 1 atom stereocenters. The average molecular weight is 284 g/mol. The van der Waals surface area contributed by atoms with Crippen LogP contribution >= 0.6 is 15.9 Å². The summed E-state index contributed by atoms with van der Waals surface area (Å²) in [5.74, 6) is 0. The Bertz CT molecular complexity index is 323. The highest BCUT2D eigenvalue weighted by Crippen LogP contribution is 2.16. The van der Waals surface area contributed by atoms with Gasteiger partial charge in [-0.15, -0.1) is 0 Å². The molecule has 1 heterocycles. The van der Waals surface area contributed by atoms with Crippen molar-refractivity contribution in [2.24, 2.45) is 0 Å². The van der Waals surface area contributed by atoms with Crippen LogP contribution in [0.2, 0.25) is 0 Å². The van der Waals surface area contributed by atoms with Gasteiger partial charge in [0.25, 0.3) is 0 Å². The number of halogens is 1. The van der Waals surface area contributed by atoms with Gasteiger partial charge in [-0.3, -0.25) is 0 Å². The Morgan fingerprint density at radius 3 is 3.00 bits per heavy atom. The number of hydrogen-bond donors (Lipinski definition) is 1. The van der Waals surface area contributed by atoms with Crippen LogP contribution in [0, 0.1) is 0 Å². The monoisotopic (exact) mass is 283 g/mol. The summed E-state index contributed by atoms with van der Waals surface area (Å²) in [6, 6.07) is 8.34. The van der Waals surface area contributed by atoms with Gasteiger partial charge < -0.3 is 10.1 Å². The smallest absolute Gasteiger partial charge is 0.0700 e. The fraction of sp³-hybridized carbons (Fsp3) is 0.538. The molecule has 1 aliphatic rings. The first-order valence-electron chi connectivity index (χ1n) is 5.92. The van der Waals surface area contributed by atoms with E-state index < -0.39 is 0 Å². The van der Waals surface area contributed by atoms with E-state index in [1.165, 1.54) is 22.9 Å². The third-order valence-corrected chi connectivity index (χ3v) is 3.71. The molecule has 2 nitrogen and oxygen atoms in total. The highest BCUT2D eigenvalue weighted by Gasteiger charge is 2.12. The quantitative estimate of drug-likeness (QED) is 0.918. The van der Waals surface area contributed by atoms with Gasteiger partial charge in [-0.25, -0.2) is 0 Å². The van der Waals surface area contributed by atoms with Crippen LogP contribution in [-0.4, -0.2) is 25.8 Å². The molecule has 1 N–H and O–H groups in total. The zero-order valence-electron chi connectivity index (χ0n) is 9.42. The number of benzene rings is 1. The molecule has 0 aliphatic carbocycles. The molecule has 1 aliphatic heterocycles. The predicted octanol–water partition coefficient (Wildman–Crippen LogP) is 2.76. The number of ether oxygens (including phenoxy) is 1. The molecule has 0 bridgehead atoms. The number of rotatable bonds is 4. The number of piperidine rings is 1. The molecule has 0 aromatic heterocycles. The van der Waals surface area contributed by atoms with Crippen LogP contribution in [0.1, 0.15) is 18.4 Å². The second-order valence-corrected chi connectivity index (χ2v) is 5.03. The molecular weight excluding hydrogens is 266 g/mol. The molecule has 0 radical (unpaired) electrons. The van der Waals surface area contributed by atoms with Gasteiger partial charge in [-0.05, 0) is 37.4 Å². The summed E-state index contributed by atoms with van der Waals surface area (Å²) < 4.78 is 7.04. The summed E-state index contributed by atoms with van der Waals surface area (Å²) in [7, 11) is 0. The molecule has 0 saturated carbocycles. The summed E-state index contributed by atoms with van der Waals surface area (Å²) >= 11 is 3.55. The lowest BCUT2D eigenvalue weighted by atomic mass is 10.1. The van der Waals surface area contributed by atoms with Crippen molar-refractivity contribution in [2.45, 2.75) is 25.4 Å². The SMILES string of the molecule is Brc1ccccc1CCOC1CCCNC1. The Labute approximate surface area is 106 Å². The minimum atomic E-state index is 0.413. The first-order valence-corrected chi connectivity index (χ1v) is 6.71. The molecule has 3 heteroatoms. The molecule has 1 aromatic rings. The van der Waals surface area contributed by atoms with E-state index in [-0.39, 0.29) is 0 Å². The highest BCUT2D eigenvalue weighted by atomic mass is 79.9. The molecule has 0 amide bonds. The Hall–Kier alpha value is -0.380. The van der Waals surface area contributed by atoms with Crippen LogP contribution in [0.5, 0.6) is 0 Å². The van der Waals surface area contributed by atoms with Crippen molar-refractivity contribution in [3.05, 3.63) is 34.3 Å². The molecule has 1 unspecified atom stereocenters. The van der Waals surface area contributed by atoms with E-state index in [4.69, 9.17) is 4.74 Å². The van der Waals surface area contributed by atoms with E-state index in [1.54, 1.807) is 0 Å². The maximum Gasteiger partial charge on any atom is 0.0700 e. The van der Waals surface area contributed by atoms with Crippen LogP contribution in [0.15, 0.2) is 28.7 Å². The van der Waals surface area contributed by atoms with Crippen molar-refractivity contribution < 1.29 is 4.74 Å². The Balaban J connectivity index is 1.73. The van der Waals surface area contributed by atoms with Crippen LogP contribution in [-0.2, 0) is 11.2 Å². The average Bonchev–Trinajstić information content (AvgIpc) is 2.33. The van der Waals surface area contributed by atoms with Gasteiger partial charge in [-0.2, -0.15) is 0 Å². The van der Waals surface area contributed by atoms with Gasteiger partial charge in [0.2, 0.25) is 0 Å². The molecule has 1 saturated heterocycles. The van der Waals surface area contributed by atoms with Crippen molar-refractivity contribution in [1.82, 2.24) is 5.32 Å². The maximum absolute atomic E-state index is 5.86. The lowest BCUT2D eigenvalue weighted by Gasteiger charge is -2.23. The fourth-order valence-electron chi connectivity index (χ4n) is 2.00. The standard InChI is InChI=1S/C13H18BrNO/c14-13-6-2-1-4-11(13)7-9-16-12-5-3-8-15-10-12/h1-2,4,6,12,15H,3,5,7-10H2. The topological polar surface area (TPSA) is 21.3 Å². The van der Waals surface area contributed by atoms with Crippen molar-refractivity contribution in [3.63, 3.8) is 0 Å². The predicted molar refractivity (Wildman–Crippen MR) is 69.7 cm³/mol. The largest absolute Gasteiger partial charge is 0.377 e. The van der Waals surface area contributed by atoms with Crippen molar-refractivity contribution in [2.75, 3.05) is 19.7 Å². The molecule has 1 aromatic carbocycles. The van der Waals surface area contributed by atoms with Crippen molar-refractivity contribution in [3.8, 4) is 0 Å². The Kier molecular flexibility index (Phi) is 4.82. The van der Waals surface area contributed by atoms with Crippen LogP contribution in [0.4, 0.5) is 0 Å². The van der Waals surface area contributed by atoms with Gasteiger partial charge >= 0.3 is 0 Å². The van der Waals surface area contributed by atoms with Crippen molar-refractivity contribution >= 4 is 15.9 Å². The Morgan fingerprint density at radius 1 is 1.38 bits per heavy atom. The lowest BCUT2D eigenvalue weighted by Crippen LogP contribution is -2.35. The maximum atomic E-state index is 5.86. The highest BCUT2D eigenvalue weighted by molar-refractivity contribution is 9.10. The molecule has 2 rings (SSSR count). The zero-order chi connectivity index (χ0) is 11.2. The van der Waals surface area contributed by atoms with E-state index in [9.17, 15) is 0 Å². The molecule has 1 fully saturated rings. The van der Waals surface area contributed by atoms with Crippen LogP contribution in [0.25, 0.3) is 0 Å². The fourth-order valence-corrected chi connectivity index (χ4v) is 2.48. The summed E-state index contributed by atoms with van der Waals surface area (Å²) in [5, 5.41) is 3.36. The normalized spacial score (nSPS) is 20.9. The lowest BCUT2D eigenvalue weighted by molar-refractivity contribution is 0.0389. The van der Waals surface area contributed by atoms with E-state index in [0.29, 0.717) is 6.10 Å². The van der Waals surface area contributed by atoms with Crippen LogP contribution in [0.3, 0.4) is 0 Å². The number of nitrogens with one attached hydrogen (secondary N) is 1. The van der Waals surface area contributed by atoms with Gasteiger partial charge in [0.05, 0.1) is 12.7 Å². The molecular formula is C13H18BrNO. The second-order valence-electron chi connectivity index (χ2n) is 4.18. The summed E-state index contributed by atoms with van der Waals surface area (Å²) in [6.07, 6.45) is 3.83. The van der Waals surface area contributed by atoms with E-state index in [2.05, 4.69) is 39.4 Å². The summed E-state index contributed by atoms with van der Waals surface area (Å²) in [5.41, 5.74) is 1.33. The zero-order valence-corrected chi connectivity index (χ0v) is 11.0. The first kappa shape index (κ1) is 12.1. The molecule has 88 valence electrons. The van der Waals surface area contributed by atoms with Crippen molar-refractivity contribution in [1.29, 1.82) is 0 Å². The summed E-state index contributed by atoms with van der Waals surface area (Å²) in [6.45, 7) is 2.97. The van der Waals surface area contributed by atoms with E-state index >= 15 is 0 Å².